The van der Waals surface area contributed by atoms with Crippen molar-refractivity contribution in [2.75, 3.05) is 0 Å². The van der Waals surface area contributed by atoms with Crippen LogP contribution in [0.4, 0.5) is 0 Å². The zero-order chi connectivity index (χ0) is 38.5. The molecule has 0 radical (unpaired) electrons. The molecule has 0 atom stereocenters. The van der Waals surface area contributed by atoms with Crippen molar-refractivity contribution in [2.24, 2.45) is 0 Å². The molecule has 0 bridgehead atoms. The van der Waals surface area contributed by atoms with E-state index < -0.39 is 0 Å². The maximum atomic E-state index is 5.28. The Balaban J connectivity index is 1.24. The molecule has 10 aromatic rings. The lowest BCUT2D eigenvalue weighted by Crippen LogP contribution is -2.18. The summed E-state index contributed by atoms with van der Waals surface area (Å²) in [7, 11) is 0. The van der Waals surface area contributed by atoms with Gasteiger partial charge in [0.05, 0.1) is 22.1 Å². The SMILES string of the molecule is CC1(C)CC(C)(C)c2c(-c3cccc(-n4c5ccccc5c5ccc6c7ccccc7n(-c7nc(-c8ccccc8)nc(-c8ccccc8)n7)c6c54)c3)cccc21. The third-order valence-electron chi connectivity index (χ3n) is 12.1. The molecule has 0 aliphatic heterocycles. The predicted octanol–water partition coefficient (Wildman–Crippen LogP) is 13.0. The third-order valence-corrected chi connectivity index (χ3v) is 12.1. The van der Waals surface area contributed by atoms with E-state index in [0.717, 1.165) is 56.1 Å². The van der Waals surface area contributed by atoms with Gasteiger partial charge in [-0.25, -0.2) is 4.98 Å². The molecule has 0 fully saturated rings. The first-order valence-corrected chi connectivity index (χ1v) is 19.8. The van der Waals surface area contributed by atoms with Crippen molar-refractivity contribution in [3.05, 3.63) is 175 Å². The van der Waals surface area contributed by atoms with E-state index in [2.05, 4.69) is 164 Å². The maximum absolute atomic E-state index is 5.28. The minimum Gasteiger partial charge on any atom is -0.307 e. The van der Waals surface area contributed by atoms with E-state index in [9.17, 15) is 0 Å². The van der Waals surface area contributed by atoms with Crippen LogP contribution in [0.15, 0.2) is 164 Å². The van der Waals surface area contributed by atoms with Crippen LogP contribution in [0.1, 0.15) is 45.2 Å². The van der Waals surface area contributed by atoms with E-state index in [4.69, 9.17) is 15.0 Å². The normalized spacial score (nSPS) is 14.5. The molecule has 7 aromatic carbocycles. The third kappa shape index (κ3) is 5.12. The van der Waals surface area contributed by atoms with Crippen LogP contribution in [-0.2, 0) is 10.8 Å². The number of hydrogen-bond acceptors (Lipinski definition) is 3. The minimum absolute atomic E-state index is 0.0626. The van der Waals surface area contributed by atoms with Crippen LogP contribution < -0.4 is 0 Å². The summed E-state index contributed by atoms with van der Waals surface area (Å²) < 4.78 is 4.73. The van der Waals surface area contributed by atoms with Gasteiger partial charge in [0.25, 0.3) is 0 Å². The molecule has 3 aromatic heterocycles. The number of nitrogens with zero attached hydrogens (tertiary/aromatic N) is 5. The highest BCUT2D eigenvalue weighted by molar-refractivity contribution is 6.23. The zero-order valence-electron chi connectivity index (χ0n) is 32.5. The smallest absolute Gasteiger partial charge is 0.238 e. The first-order valence-electron chi connectivity index (χ1n) is 19.8. The van der Waals surface area contributed by atoms with Gasteiger partial charge in [-0.1, -0.05) is 167 Å². The molecule has 57 heavy (non-hydrogen) atoms. The molecule has 0 amide bonds. The molecule has 0 spiro atoms. The number of fused-ring (bicyclic) bond motifs is 8. The van der Waals surface area contributed by atoms with Gasteiger partial charge in [-0.15, -0.1) is 0 Å². The lowest BCUT2D eigenvalue weighted by molar-refractivity contribution is 0.403. The van der Waals surface area contributed by atoms with Crippen molar-refractivity contribution >= 4 is 43.6 Å². The lowest BCUT2D eigenvalue weighted by atomic mass is 9.80. The van der Waals surface area contributed by atoms with E-state index in [1.54, 1.807) is 0 Å². The van der Waals surface area contributed by atoms with Gasteiger partial charge in [0.1, 0.15) is 0 Å². The number of hydrogen-bond donors (Lipinski definition) is 0. The van der Waals surface area contributed by atoms with Gasteiger partial charge in [0.2, 0.25) is 5.95 Å². The van der Waals surface area contributed by atoms with Crippen LogP contribution in [0.25, 0.3) is 89.2 Å². The first-order chi connectivity index (χ1) is 27.8. The van der Waals surface area contributed by atoms with E-state index in [0.29, 0.717) is 17.6 Å². The molecular formula is C52H41N5. The quantitative estimate of drug-likeness (QED) is 0.177. The molecule has 5 heteroatoms. The number of aromatic nitrogens is 5. The molecule has 0 N–H and O–H groups in total. The Labute approximate surface area is 331 Å². The summed E-state index contributed by atoms with van der Waals surface area (Å²) >= 11 is 0. The molecule has 5 nitrogen and oxygen atoms in total. The first kappa shape index (κ1) is 33.5. The molecular weight excluding hydrogens is 695 g/mol. The van der Waals surface area contributed by atoms with Gasteiger partial charge >= 0.3 is 0 Å². The van der Waals surface area contributed by atoms with Gasteiger partial charge in [0, 0.05) is 38.4 Å². The van der Waals surface area contributed by atoms with Gasteiger partial charge in [0.15, 0.2) is 11.6 Å². The van der Waals surface area contributed by atoms with Crippen molar-refractivity contribution in [3.63, 3.8) is 0 Å². The molecule has 11 rings (SSSR count). The Bertz CT molecular complexity index is 3150. The average molecular weight is 736 g/mol. The highest BCUT2D eigenvalue weighted by atomic mass is 15.2. The number of benzene rings is 7. The van der Waals surface area contributed by atoms with Crippen molar-refractivity contribution in [2.45, 2.75) is 44.9 Å². The maximum Gasteiger partial charge on any atom is 0.238 e. The van der Waals surface area contributed by atoms with Crippen LogP contribution in [0, 0.1) is 0 Å². The van der Waals surface area contributed by atoms with Gasteiger partial charge in [-0.05, 0) is 63.8 Å². The summed E-state index contributed by atoms with van der Waals surface area (Å²) in [6.45, 7) is 9.59. The second-order valence-electron chi connectivity index (χ2n) is 16.8. The van der Waals surface area contributed by atoms with Gasteiger partial charge in [-0.2, -0.15) is 9.97 Å². The summed E-state index contributed by atoms with van der Waals surface area (Å²) in [6, 6.07) is 58.4. The van der Waals surface area contributed by atoms with Crippen LogP contribution in [-0.4, -0.2) is 24.1 Å². The summed E-state index contributed by atoms with van der Waals surface area (Å²) in [6.07, 6.45) is 1.12. The standard InChI is InChI=1S/C52H41N5/c1-51(2)32-52(3,4)45-37(25-16-26-42(45)51)35-21-15-22-36(31-35)56-43-27-13-11-23-38(43)40-29-30-41-39-24-12-14-28-44(39)57(47(41)46(40)56)50-54-48(33-17-7-5-8-18-33)53-49(55-50)34-19-9-6-10-20-34/h5-31H,32H2,1-4H3. The molecule has 0 saturated carbocycles. The predicted molar refractivity (Wildman–Crippen MR) is 235 cm³/mol. The second-order valence-corrected chi connectivity index (χ2v) is 16.8. The summed E-state index contributed by atoms with van der Waals surface area (Å²) in [5, 5.41) is 4.67. The molecule has 1 aliphatic carbocycles. The van der Waals surface area contributed by atoms with Crippen molar-refractivity contribution < 1.29 is 0 Å². The second kappa shape index (κ2) is 12.3. The molecule has 274 valence electrons. The molecule has 0 unspecified atom stereocenters. The van der Waals surface area contributed by atoms with E-state index in [1.165, 1.54) is 33.0 Å². The fraction of sp³-hybridized carbons (Fsp3) is 0.135. The van der Waals surface area contributed by atoms with Gasteiger partial charge in [-0.3, -0.25) is 4.57 Å². The molecule has 3 heterocycles. The van der Waals surface area contributed by atoms with Crippen molar-refractivity contribution in [1.82, 2.24) is 24.1 Å². The van der Waals surface area contributed by atoms with Crippen LogP contribution in [0.2, 0.25) is 0 Å². The Morgan fingerprint density at radius 3 is 1.60 bits per heavy atom. The average Bonchev–Trinajstić information content (AvgIpc) is 3.83. The summed E-state index contributed by atoms with van der Waals surface area (Å²) in [4.78, 5) is 15.6. The van der Waals surface area contributed by atoms with Crippen LogP contribution in [0.5, 0.6) is 0 Å². The number of rotatable bonds is 5. The Kier molecular flexibility index (Phi) is 7.24. The molecule has 1 aliphatic rings. The fourth-order valence-electron chi connectivity index (χ4n) is 10.1. The Morgan fingerprint density at radius 2 is 0.965 bits per heavy atom. The Morgan fingerprint density at radius 1 is 0.439 bits per heavy atom. The van der Waals surface area contributed by atoms with E-state index in [-0.39, 0.29) is 10.8 Å². The highest BCUT2D eigenvalue weighted by Crippen LogP contribution is 2.53. The van der Waals surface area contributed by atoms with Crippen LogP contribution >= 0.6 is 0 Å². The van der Waals surface area contributed by atoms with Crippen LogP contribution in [0.3, 0.4) is 0 Å². The zero-order valence-corrected chi connectivity index (χ0v) is 32.5. The lowest BCUT2D eigenvalue weighted by Gasteiger charge is -2.24. The highest BCUT2D eigenvalue weighted by Gasteiger charge is 2.43. The molecule has 0 saturated heterocycles. The van der Waals surface area contributed by atoms with E-state index in [1.807, 2.05) is 36.4 Å². The number of para-hydroxylation sites is 2. The topological polar surface area (TPSA) is 48.5 Å². The van der Waals surface area contributed by atoms with Crippen molar-refractivity contribution in [3.8, 4) is 45.5 Å². The fourth-order valence-corrected chi connectivity index (χ4v) is 10.1. The van der Waals surface area contributed by atoms with E-state index >= 15 is 0 Å². The monoisotopic (exact) mass is 735 g/mol. The van der Waals surface area contributed by atoms with Gasteiger partial charge < -0.3 is 4.57 Å². The summed E-state index contributed by atoms with van der Waals surface area (Å²) in [5.41, 5.74) is 13.0. The Hall–Kier alpha value is -6.85. The summed E-state index contributed by atoms with van der Waals surface area (Å²) in [5.74, 6) is 1.84. The largest absolute Gasteiger partial charge is 0.307 e. The van der Waals surface area contributed by atoms with Crippen molar-refractivity contribution in [1.29, 1.82) is 0 Å². The minimum atomic E-state index is 0.0626.